The normalized spacial score (nSPS) is 13.5. The predicted octanol–water partition coefficient (Wildman–Crippen LogP) is 0.457. The lowest BCUT2D eigenvalue weighted by Gasteiger charge is -2.06. The number of nitrogens with one attached hydrogen (secondary N) is 1. The van der Waals surface area contributed by atoms with Gasteiger partial charge >= 0.3 is 0 Å². The SMILES string of the molecule is CNCC(O)c1ncc(CN(C)C)s1. The second-order valence-corrected chi connectivity index (χ2v) is 4.62. The van der Waals surface area contributed by atoms with Crippen molar-refractivity contribution in [2.24, 2.45) is 0 Å². The van der Waals surface area contributed by atoms with E-state index >= 15 is 0 Å². The summed E-state index contributed by atoms with van der Waals surface area (Å²) >= 11 is 1.57. The first-order chi connectivity index (χ1) is 6.63. The fourth-order valence-corrected chi connectivity index (χ4v) is 2.16. The zero-order valence-electron chi connectivity index (χ0n) is 8.82. The van der Waals surface area contributed by atoms with Gasteiger partial charge in [-0.15, -0.1) is 11.3 Å². The molecule has 0 saturated heterocycles. The molecular formula is C9H17N3OS. The molecule has 0 bridgehead atoms. The number of likely N-dealkylation sites (N-methyl/N-ethyl adjacent to an activating group) is 1. The average Bonchev–Trinajstić information content (AvgIpc) is 2.52. The largest absolute Gasteiger partial charge is 0.385 e. The standard InChI is InChI=1S/C9H17N3OS/c1-10-5-8(13)9-11-4-7(14-9)6-12(2)3/h4,8,10,13H,5-6H2,1-3H3. The Morgan fingerprint density at radius 3 is 2.93 bits per heavy atom. The van der Waals surface area contributed by atoms with Crippen LogP contribution in [0.1, 0.15) is 16.0 Å². The average molecular weight is 215 g/mol. The van der Waals surface area contributed by atoms with Crippen molar-refractivity contribution >= 4 is 11.3 Å². The van der Waals surface area contributed by atoms with Crippen molar-refractivity contribution in [1.82, 2.24) is 15.2 Å². The monoisotopic (exact) mass is 215 g/mol. The van der Waals surface area contributed by atoms with Crippen LogP contribution >= 0.6 is 11.3 Å². The van der Waals surface area contributed by atoms with Crippen molar-refractivity contribution < 1.29 is 5.11 Å². The molecule has 1 aromatic heterocycles. The first-order valence-corrected chi connectivity index (χ1v) is 5.37. The fraction of sp³-hybridized carbons (Fsp3) is 0.667. The van der Waals surface area contributed by atoms with Crippen LogP contribution in [0.5, 0.6) is 0 Å². The molecule has 1 atom stereocenters. The van der Waals surface area contributed by atoms with Gasteiger partial charge in [0.05, 0.1) is 0 Å². The Morgan fingerprint density at radius 2 is 2.36 bits per heavy atom. The molecule has 5 heteroatoms. The summed E-state index contributed by atoms with van der Waals surface area (Å²) in [6.45, 7) is 1.43. The summed E-state index contributed by atoms with van der Waals surface area (Å²) in [5, 5.41) is 13.4. The van der Waals surface area contributed by atoms with Gasteiger partial charge in [0.15, 0.2) is 0 Å². The molecule has 0 spiro atoms. The molecular weight excluding hydrogens is 198 g/mol. The summed E-state index contributed by atoms with van der Waals surface area (Å²) in [6, 6.07) is 0. The molecule has 80 valence electrons. The minimum absolute atomic E-state index is 0.485. The van der Waals surface area contributed by atoms with Crippen LogP contribution in [0.15, 0.2) is 6.20 Å². The summed E-state index contributed by atoms with van der Waals surface area (Å²) in [6.07, 6.45) is 1.35. The third kappa shape index (κ3) is 3.34. The first-order valence-electron chi connectivity index (χ1n) is 4.55. The van der Waals surface area contributed by atoms with E-state index in [9.17, 15) is 5.11 Å². The van der Waals surface area contributed by atoms with Gasteiger partial charge in [-0.2, -0.15) is 0 Å². The van der Waals surface area contributed by atoms with Crippen LogP contribution < -0.4 is 5.32 Å². The lowest BCUT2D eigenvalue weighted by Crippen LogP contribution is -2.16. The Labute approximate surface area is 88.6 Å². The summed E-state index contributed by atoms with van der Waals surface area (Å²) < 4.78 is 0. The molecule has 0 aliphatic heterocycles. The molecule has 0 amide bonds. The molecule has 0 aliphatic rings. The van der Waals surface area contributed by atoms with Gasteiger partial charge in [0.25, 0.3) is 0 Å². The van der Waals surface area contributed by atoms with Crippen LogP contribution in [-0.4, -0.2) is 42.7 Å². The van der Waals surface area contributed by atoms with Gasteiger partial charge in [0.2, 0.25) is 0 Å². The molecule has 1 rings (SSSR count). The maximum absolute atomic E-state index is 9.64. The van der Waals surface area contributed by atoms with Crippen molar-refractivity contribution in [3.05, 3.63) is 16.1 Å². The number of hydrogen-bond acceptors (Lipinski definition) is 5. The van der Waals surface area contributed by atoms with E-state index < -0.39 is 6.10 Å². The Kier molecular flexibility index (Phi) is 4.47. The molecule has 2 N–H and O–H groups in total. The van der Waals surface area contributed by atoms with E-state index in [1.165, 1.54) is 4.88 Å². The van der Waals surface area contributed by atoms with Gasteiger partial charge in [-0.05, 0) is 21.1 Å². The van der Waals surface area contributed by atoms with E-state index in [0.717, 1.165) is 11.6 Å². The molecule has 0 fully saturated rings. The summed E-state index contributed by atoms with van der Waals surface area (Å²) in [4.78, 5) is 7.46. The van der Waals surface area contributed by atoms with Gasteiger partial charge in [-0.1, -0.05) is 0 Å². The number of aliphatic hydroxyl groups excluding tert-OH is 1. The quantitative estimate of drug-likeness (QED) is 0.749. The van der Waals surface area contributed by atoms with Gasteiger partial charge < -0.3 is 15.3 Å². The molecule has 0 aromatic carbocycles. The van der Waals surface area contributed by atoms with Crippen molar-refractivity contribution in [1.29, 1.82) is 0 Å². The molecule has 4 nitrogen and oxygen atoms in total. The highest BCUT2D eigenvalue weighted by molar-refractivity contribution is 7.11. The van der Waals surface area contributed by atoms with E-state index in [0.29, 0.717) is 6.54 Å². The maximum atomic E-state index is 9.64. The van der Waals surface area contributed by atoms with Crippen LogP contribution in [-0.2, 0) is 6.54 Å². The summed E-state index contributed by atoms with van der Waals surface area (Å²) in [5.74, 6) is 0. The van der Waals surface area contributed by atoms with Crippen molar-refractivity contribution in [3.8, 4) is 0 Å². The number of aromatic nitrogens is 1. The molecule has 1 heterocycles. The third-order valence-electron chi connectivity index (χ3n) is 1.73. The highest BCUT2D eigenvalue weighted by Gasteiger charge is 2.11. The third-order valence-corrected chi connectivity index (χ3v) is 2.81. The number of rotatable bonds is 5. The summed E-state index contributed by atoms with van der Waals surface area (Å²) in [7, 11) is 5.85. The predicted molar refractivity (Wildman–Crippen MR) is 58.4 cm³/mol. The maximum Gasteiger partial charge on any atom is 0.123 e. The van der Waals surface area contributed by atoms with Gasteiger partial charge in [0.1, 0.15) is 11.1 Å². The van der Waals surface area contributed by atoms with Crippen LogP contribution in [0.4, 0.5) is 0 Å². The van der Waals surface area contributed by atoms with Gasteiger partial charge in [0, 0.05) is 24.2 Å². The van der Waals surface area contributed by atoms with E-state index in [2.05, 4.69) is 15.2 Å². The lowest BCUT2D eigenvalue weighted by molar-refractivity contribution is 0.177. The number of aliphatic hydroxyl groups is 1. The molecule has 0 saturated carbocycles. The molecule has 0 radical (unpaired) electrons. The van der Waals surface area contributed by atoms with Crippen LogP contribution in [0.2, 0.25) is 0 Å². The Balaban J connectivity index is 2.58. The van der Waals surface area contributed by atoms with Gasteiger partial charge in [-0.25, -0.2) is 4.98 Å². The fourth-order valence-electron chi connectivity index (χ4n) is 1.14. The number of nitrogens with zero attached hydrogens (tertiary/aromatic N) is 2. The second-order valence-electron chi connectivity index (χ2n) is 3.48. The topological polar surface area (TPSA) is 48.4 Å². The first kappa shape index (κ1) is 11.6. The zero-order chi connectivity index (χ0) is 10.6. The van der Waals surface area contributed by atoms with Crippen LogP contribution in [0, 0.1) is 0 Å². The van der Waals surface area contributed by atoms with Crippen molar-refractivity contribution in [2.45, 2.75) is 12.6 Å². The second kappa shape index (κ2) is 5.41. The minimum atomic E-state index is -0.485. The smallest absolute Gasteiger partial charge is 0.123 e. The molecule has 1 unspecified atom stereocenters. The molecule has 0 aliphatic carbocycles. The van der Waals surface area contributed by atoms with Gasteiger partial charge in [-0.3, -0.25) is 0 Å². The van der Waals surface area contributed by atoms with Crippen LogP contribution in [0.3, 0.4) is 0 Å². The lowest BCUT2D eigenvalue weighted by atomic mass is 10.4. The molecule has 1 aromatic rings. The van der Waals surface area contributed by atoms with Crippen molar-refractivity contribution in [2.75, 3.05) is 27.7 Å². The number of thiazole rings is 1. The highest BCUT2D eigenvalue weighted by Crippen LogP contribution is 2.20. The molecule has 14 heavy (non-hydrogen) atoms. The highest BCUT2D eigenvalue weighted by atomic mass is 32.1. The van der Waals surface area contributed by atoms with E-state index in [1.807, 2.05) is 27.3 Å². The minimum Gasteiger partial charge on any atom is -0.385 e. The Morgan fingerprint density at radius 1 is 1.64 bits per heavy atom. The van der Waals surface area contributed by atoms with E-state index in [4.69, 9.17) is 0 Å². The van der Waals surface area contributed by atoms with Crippen LogP contribution in [0.25, 0.3) is 0 Å². The number of hydrogen-bond donors (Lipinski definition) is 2. The zero-order valence-corrected chi connectivity index (χ0v) is 9.64. The summed E-state index contributed by atoms with van der Waals surface area (Å²) in [5.41, 5.74) is 0. The van der Waals surface area contributed by atoms with E-state index in [-0.39, 0.29) is 0 Å². The Hall–Kier alpha value is -0.490. The van der Waals surface area contributed by atoms with Crippen molar-refractivity contribution in [3.63, 3.8) is 0 Å². The van der Waals surface area contributed by atoms with E-state index in [1.54, 1.807) is 11.3 Å². The Bertz CT molecular complexity index is 275.